The van der Waals surface area contributed by atoms with Gasteiger partial charge in [0.1, 0.15) is 0 Å². The second-order valence-electron chi connectivity index (χ2n) is 6.26. The lowest BCUT2D eigenvalue weighted by atomic mass is 9.98. The van der Waals surface area contributed by atoms with Crippen LogP contribution >= 0.6 is 0 Å². The first-order valence-corrected chi connectivity index (χ1v) is 8.37. The van der Waals surface area contributed by atoms with E-state index in [1.807, 2.05) is 0 Å². The van der Waals surface area contributed by atoms with Gasteiger partial charge in [0.25, 0.3) is 0 Å². The van der Waals surface area contributed by atoms with Crippen molar-refractivity contribution in [1.82, 2.24) is 10.2 Å². The van der Waals surface area contributed by atoms with Crippen molar-refractivity contribution < 1.29 is 0 Å². The van der Waals surface area contributed by atoms with Gasteiger partial charge in [-0.15, -0.1) is 0 Å². The monoisotopic (exact) mass is 252 g/mol. The highest BCUT2D eigenvalue weighted by Gasteiger charge is 2.21. The summed E-state index contributed by atoms with van der Waals surface area (Å²) < 4.78 is 0. The van der Waals surface area contributed by atoms with E-state index in [9.17, 15) is 0 Å². The fourth-order valence-corrected chi connectivity index (χ4v) is 3.22. The molecule has 0 aromatic carbocycles. The van der Waals surface area contributed by atoms with Crippen LogP contribution in [-0.4, -0.2) is 36.6 Å². The van der Waals surface area contributed by atoms with Crippen molar-refractivity contribution in [3.05, 3.63) is 0 Å². The minimum atomic E-state index is 0.890. The van der Waals surface area contributed by atoms with Crippen LogP contribution in [0.15, 0.2) is 0 Å². The first-order valence-electron chi connectivity index (χ1n) is 8.37. The van der Waals surface area contributed by atoms with E-state index in [4.69, 9.17) is 0 Å². The summed E-state index contributed by atoms with van der Waals surface area (Å²) in [5.74, 6) is 0. The Bertz CT molecular complexity index is 211. The van der Waals surface area contributed by atoms with Crippen LogP contribution in [0.2, 0.25) is 0 Å². The van der Waals surface area contributed by atoms with Crippen LogP contribution in [0.25, 0.3) is 0 Å². The van der Waals surface area contributed by atoms with Crippen molar-refractivity contribution in [2.45, 2.75) is 83.2 Å². The summed E-state index contributed by atoms with van der Waals surface area (Å²) in [6.07, 6.45) is 14.2. The largest absolute Gasteiger partial charge is 0.314 e. The average Bonchev–Trinajstić information content (AvgIpc) is 3.20. The predicted molar refractivity (Wildman–Crippen MR) is 79.0 cm³/mol. The van der Waals surface area contributed by atoms with E-state index in [0.717, 1.165) is 12.1 Å². The van der Waals surface area contributed by atoms with Crippen LogP contribution in [0.1, 0.15) is 71.1 Å². The molecule has 0 aromatic rings. The van der Waals surface area contributed by atoms with Crippen molar-refractivity contribution in [2.24, 2.45) is 0 Å². The number of hydrogen-bond acceptors (Lipinski definition) is 2. The molecule has 2 heteroatoms. The first kappa shape index (κ1) is 14.3. The molecule has 18 heavy (non-hydrogen) atoms. The minimum Gasteiger partial charge on any atom is -0.314 e. The van der Waals surface area contributed by atoms with Crippen LogP contribution in [-0.2, 0) is 0 Å². The lowest BCUT2D eigenvalue weighted by Gasteiger charge is -2.35. The maximum absolute atomic E-state index is 3.61. The van der Waals surface area contributed by atoms with Crippen LogP contribution in [0.5, 0.6) is 0 Å². The van der Waals surface area contributed by atoms with Gasteiger partial charge >= 0.3 is 0 Å². The minimum absolute atomic E-state index is 0.890. The molecule has 2 fully saturated rings. The standard InChI is InChI=1S/C16H32N2/c1-2-8-16-9-4-7-14-18(16)13-6-3-5-12-17-15-10-11-15/h15-17H,2-14H2,1H3. The second-order valence-corrected chi connectivity index (χ2v) is 6.26. The number of nitrogens with zero attached hydrogens (tertiary/aromatic N) is 1. The Labute approximate surface area is 114 Å². The molecule has 106 valence electrons. The van der Waals surface area contributed by atoms with Crippen molar-refractivity contribution in [1.29, 1.82) is 0 Å². The van der Waals surface area contributed by atoms with Gasteiger partial charge in [-0.2, -0.15) is 0 Å². The molecule has 0 amide bonds. The number of likely N-dealkylation sites (tertiary alicyclic amines) is 1. The third-order valence-electron chi connectivity index (χ3n) is 4.50. The van der Waals surface area contributed by atoms with E-state index in [1.54, 1.807) is 0 Å². The van der Waals surface area contributed by atoms with Crippen molar-refractivity contribution in [2.75, 3.05) is 19.6 Å². The Kier molecular flexibility index (Phi) is 6.50. The molecule has 2 aliphatic rings. The molecule has 1 N–H and O–H groups in total. The lowest BCUT2D eigenvalue weighted by Crippen LogP contribution is -2.39. The SMILES string of the molecule is CCCC1CCCCN1CCCCCNC1CC1. The van der Waals surface area contributed by atoms with Crippen LogP contribution in [0, 0.1) is 0 Å². The maximum atomic E-state index is 3.61. The summed E-state index contributed by atoms with van der Waals surface area (Å²) >= 11 is 0. The molecule has 2 rings (SSSR count). The van der Waals surface area contributed by atoms with E-state index in [0.29, 0.717) is 0 Å². The molecule has 0 bridgehead atoms. The van der Waals surface area contributed by atoms with E-state index in [1.165, 1.54) is 83.8 Å². The number of unbranched alkanes of at least 4 members (excludes halogenated alkanes) is 2. The van der Waals surface area contributed by atoms with Gasteiger partial charge in [-0.05, 0) is 64.6 Å². The Morgan fingerprint density at radius 2 is 1.94 bits per heavy atom. The molecule has 1 heterocycles. The van der Waals surface area contributed by atoms with Crippen LogP contribution in [0.4, 0.5) is 0 Å². The Balaban J connectivity index is 1.50. The summed E-state index contributed by atoms with van der Waals surface area (Å²) in [6, 6.07) is 1.80. The molecule has 1 aliphatic heterocycles. The van der Waals surface area contributed by atoms with Gasteiger partial charge in [-0.1, -0.05) is 26.2 Å². The highest BCUT2D eigenvalue weighted by Crippen LogP contribution is 2.21. The van der Waals surface area contributed by atoms with E-state index in [-0.39, 0.29) is 0 Å². The Hall–Kier alpha value is -0.0800. The van der Waals surface area contributed by atoms with Gasteiger partial charge in [0.15, 0.2) is 0 Å². The summed E-state index contributed by atoms with van der Waals surface area (Å²) in [5.41, 5.74) is 0. The molecule has 1 saturated carbocycles. The molecular weight excluding hydrogens is 220 g/mol. The molecule has 1 unspecified atom stereocenters. The number of nitrogens with one attached hydrogen (secondary N) is 1. The van der Waals surface area contributed by atoms with Gasteiger partial charge in [0.2, 0.25) is 0 Å². The normalized spacial score (nSPS) is 25.5. The topological polar surface area (TPSA) is 15.3 Å². The van der Waals surface area contributed by atoms with Gasteiger partial charge < -0.3 is 10.2 Å². The lowest BCUT2D eigenvalue weighted by molar-refractivity contribution is 0.137. The van der Waals surface area contributed by atoms with Gasteiger partial charge in [-0.25, -0.2) is 0 Å². The molecule has 1 saturated heterocycles. The van der Waals surface area contributed by atoms with Gasteiger partial charge in [0, 0.05) is 12.1 Å². The highest BCUT2D eigenvalue weighted by atomic mass is 15.2. The molecule has 1 atom stereocenters. The molecular formula is C16H32N2. The van der Waals surface area contributed by atoms with E-state index < -0.39 is 0 Å². The molecule has 2 nitrogen and oxygen atoms in total. The number of rotatable bonds is 9. The van der Waals surface area contributed by atoms with Crippen molar-refractivity contribution in [3.8, 4) is 0 Å². The summed E-state index contributed by atoms with van der Waals surface area (Å²) in [7, 11) is 0. The Morgan fingerprint density at radius 1 is 1.06 bits per heavy atom. The summed E-state index contributed by atoms with van der Waals surface area (Å²) in [6.45, 7) is 6.30. The third-order valence-corrected chi connectivity index (χ3v) is 4.50. The fraction of sp³-hybridized carbons (Fsp3) is 1.00. The quantitative estimate of drug-likeness (QED) is 0.631. The fourth-order valence-electron chi connectivity index (χ4n) is 3.22. The van der Waals surface area contributed by atoms with E-state index >= 15 is 0 Å². The van der Waals surface area contributed by atoms with Crippen molar-refractivity contribution in [3.63, 3.8) is 0 Å². The summed E-state index contributed by atoms with van der Waals surface area (Å²) in [5, 5.41) is 3.61. The average molecular weight is 252 g/mol. The third kappa shape index (κ3) is 5.27. The maximum Gasteiger partial charge on any atom is 0.00951 e. The molecule has 0 aromatic heterocycles. The zero-order valence-corrected chi connectivity index (χ0v) is 12.3. The second kappa shape index (κ2) is 8.16. The van der Waals surface area contributed by atoms with Crippen LogP contribution in [0.3, 0.4) is 0 Å². The van der Waals surface area contributed by atoms with Crippen molar-refractivity contribution >= 4 is 0 Å². The van der Waals surface area contributed by atoms with Crippen LogP contribution < -0.4 is 5.32 Å². The molecule has 1 aliphatic carbocycles. The molecule has 0 spiro atoms. The smallest absolute Gasteiger partial charge is 0.00951 e. The van der Waals surface area contributed by atoms with Gasteiger partial charge in [0.05, 0.1) is 0 Å². The zero-order valence-electron chi connectivity index (χ0n) is 12.3. The van der Waals surface area contributed by atoms with Gasteiger partial charge in [-0.3, -0.25) is 0 Å². The summed E-state index contributed by atoms with van der Waals surface area (Å²) in [4.78, 5) is 2.78. The first-order chi connectivity index (χ1) is 8.90. The zero-order chi connectivity index (χ0) is 12.6. The Morgan fingerprint density at radius 3 is 2.72 bits per heavy atom. The highest BCUT2D eigenvalue weighted by molar-refractivity contribution is 4.80. The predicted octanol–water partition coefficient (Wildman–Crippen LogP) is 3.56. The number of piperidine rings is 1. The number of hydrogen-bond donors (Lipinski definition) is 1. The van der Waals surface area contributed by atoms with E-state index in [2.05, 4.69) is 17.1 Å². The molecule has 0 radical (unpaired) electrons.